The molecule has 5 rings (SSSR count). The normalized spacial score (nSPS) is 22.0. The molecule has 1 spiro atoms. The molecule has 29 heavy (non-hydrogen) atoms. The van der Waals surface area contributed by atoms with Crippen LogP contribution in [0.1, 0.15) is 32.8 Å². The molecule has 5 heterocycles. The molecule has 1 atom stereocenters. The van der Waals surface area contributed by atoms with Gasteiger partial charge in [0.05, 0.1) is 16.5 Å². The highest BCUT2D eigenvalue weighted by atomic mass is 32.2. The number of hydrogen-bond donors (Lipinski definition) is 0. The first-order valence-electron chi connectivity index (χ1n) is 9.22. The van der Waals surface area contributed by atoms with Gasteiger partial charge in [0.1, 0.15) is 4.75 Å². The molecule has 150 valence electrons. The van der Waals surface area contributed by atoms with Crippen molar-refractivity contribution in [3.63, 3.8) is 0 Å². The minimum Gasteiger partial charge on any atom is -0.339 e. The largest absolute Gasteiger partial charge is 0.339 e. The number of aromatic nitrogens is 3. The molecular formula is C19H18N4O4S2. The quantitative estimate of drug-likeness (QED) is 0.627. The Morgan fingerprint density at radius 3 is 2.69 bits per heavy atom. The number of rotatable bonds is 3. The Morgan fingerprint density at radius 1 is 1.24 bits per heavy atom. The Kier molecular flexibility index (Phi) is 4.11. The van der Waals surface area contributed by atoms with Crippen molar-refractivity contribution in [1.82, 2.24) is 20.0 Å². The van der Waals surface area contributed by atoms with Gasteiger partial charge >= 0.3 is 0 Å². The topological polar surface area (TPSA) is 106 Å². The van der Waals surface area contributed by atoms with Crippen LogP contribution in [0.4, 0.5) is 0 Å². The van der Waals surface area contributed by atoms with Crippen LogP contribution in [-0.4, -0.2) is 57.9 Å². The maximum atomic E-state index is 12.9. The average Bonchev–Trinajstić information content (AvgIpc) is 3.38. The summed E-state index contributed by atoms with van der Waals surface area (Å²) in [5.74, 6) is 0.243. The number of likely N-dealkylation sites (tertiary alicyclic amines) is 1. The summed E-state index contributed by atoms with van der Waals surface area (Å²) in [6.45, 7) is 2.25. The summed E-state index contributed by atoms with van der Waals surface area (Å²) in [6, 6.07) is 7.21. The van der Waals surface area contributed by atoms with E-state index in [2.05, 4.69) is 15.1 Å². The number of aryl methyl sites for hydroxylation is 1. The molecule has 2 fully saturated rings. The van der Waals surface area contributed by atoms with E-state index in [4.69, 9.17) is 4.52 Å². The third-order valence-corrected chi connectivity index (χ3v) is 9.31. The van der Waals surface area contributed by atoms with Crippen molar-refractivity contribution in [3.8, 4) is 11.4 Å². The van der Waals surface area contributed by atoms with Gasteiger partial charge in [0.2, 0.25) is 11.7 Å². The smallest absolute Gasteiger partial charge is 0.264 e. The van der Waals surface area contributed by atoms with E-state index >= 15 is 0 Å². The van der Waals surface area contributed by atoms with Crippen molar-refractivity contribution in [2.75, 3.05) is 18.8 Å². The molecule has 0 aliphatic carbocycles. The lowest BCUT2D eigenvalue weighted by atomic mass is 9.83. The molecule has 8 nitrogen and oxygen atoms in total. The highest BCUT2D eigenvalue weighted by molar-refractivity contribution is 7.93. The van der Waals surface area contributed by atoms with Gasteiger partial charge in [-0.1, -0.05) is 5.16 Å². The first-order valence-corrected chi connectivity index (χ1v) is 11.7. The number of carbonyl (C=O) groups is 1. The summed E-state index contributed by atoms with van der Waals surface area (Å²) in [4.78, 5) is 24.4. The van der Waals surface area contributed by atoms with Crippen LogP contribution in [-0.2, 0) is 9.84 Å². The van der Waals surface area contributed by atoms with E-state index in [-0.39, 0.29) is 24.7 Å². The second-order valence-electron chi connectivity index (χ2n) is 7.49. The fourth-order valence-electron chi connectivity index (χ4n) is 4.17. The maximum Gasteiger partial charge on any atom is 0.264 e. The zero-order chi connectivity index (χ0) is 20.2. The van der Waals surface area contributed by atoms with Gasteiger partial charge in [-0.2, -0.15) is 4.98 Å². The Morgan fingerprint density at radius 2 is 2.00 bits per heavy atom. The summed E-state index contributed by atoms with van der Waals surface area (Å²) >= 11 is 1.42. The van der Waals surface area contributed by atoms with Gasteiger partial charge < -0.3 is 9.42 Å². The second kappa shape index (κ2) is 6.46. The summed E-state index contributed by atoms with van der Waals surface area (Å²) < 4.78 is 30.2. The van der Waals surface area contributed by atoms with Crippen LogP contribution < -0.4 is 0 Å². The Hall–Kier alpha value is -2.59. The van der Waals surface area contributed by atoms with Gasteiger partial charge in [-0.25, -0.2) is 8.42 Å². The van der Waals surface area contributed by atoms with E-state index in [1.165, 1.54) is 11.3 Å². The third kappa shape index (κ3) is 2.81. The Bertz CT molecular complexity index is 1180. The lowest BCUT2D eigenvalue weighted by Crippen LogP contribution is -2.67. The summed E-state index contributed by atoms with van der Waals surface area (Å²) in [7, 11) is -3.37. The zero-order valence-corrected chi connectivity index (χ0v) is 17.2. The molecule has 0 bridgehead atoms. The summed E-state index contributed by atoms with van der Waals surface area (Å²) in [5, 5.41) is 4.02. The SMILES string of the molecule is Cc1ccc(C(=O)N2CC3(C2)C(c2nc(-c4ccncc4)no2)CCS3(=O)=O)s1. The lowest BCUT2D eigenvalue weighted by Gasteiger charge is -2.48. The standard InChI is InChI=1S/C19H18N4O4S2/c1-12-2-3-15(28-12)18(24)23-10-19(11-23)14(6-9-29(19,25)26)17-21-16(22-27-17)13-4-7-20-8-5-13/h2-5,7-8,14H,6,9-11H2,1H3. The van der Waals surface area contributed by atoms with Gasteiger partial charge in [0.15, 0.2) is 9.84 Å². The number of sulfone groups is 1. The molecule has 2 aliphatic rings. The maximum absolute atomic E-state index is 12.9. The number of carbonyl (C=O) groups excluding carboxylic acids is 1. The first kappa shape index (κ1) is 18.4. The number of hydrogen-bond acceptors (Lipinski definition) is 8. The Labute approximate surface area is 171 Å². The zero-order valence-electron chi connectivity index (χ0n) is 15.6. The summed E-state index contributed by atoms with van der Waals surface area (Å²) in [5.41, 5.74) is 0.753. The second-order valence-corrected chi connectivity index (χ2v) is 11.2. The monoisotopic (exact) mass is 430 g/mol. The predicted octanol–water partition coefficient (Wildman–Crippen LogP) is 2.30. The lowest BCUT2D eigenvalue weighted by molar-refractivity contribution is 0.0509. The minimum absolute atomic E-state index is 0.0603. The van der Waals surface area contributed by atoms with E-state index in [1.54, 1.807) is 35.5 Å². The van der Waals surface area contributed by atoms with Gasteiger partial charge in [-0.3, -0.25) is 9.78 Å². The number of amides is 1. The molecule has 1 amide bonds. The van der Waals surface area contributed by atoms with Crippen LogP contribution in [0.5, 0.6) is 0 Å². The number of pyridine rings is 1. The van der Waals surface area contributed by atoms with Crippen LogP contribution in [0.25, 0.3) is 11.4 Å². The fourth-order valence-corrected chi connectivity index (χ4v) is 7.31. The highest BCUT2D eigenvalue weighted by Gasteiger charge is 2.64. The molecule has 2 saturated heterocycles. The molecule has 10 heteroatoms. The van der Waals surface area contributed by atoms with Gasteiger partial charge in [-0.15, -0.1) is 11.3 Å². The van der Waals surface area contributed by atoms with Crippen LogP contribution in [0.3, 0.4) is 0 Å². The van der Waals surface area contributed by atoms with E-state index in [0.29, 0.717) is 23.0 Å². The predicted molar refractivity (Wildman–Crippen MR) is 106 cm³/mol. The minimum atomic E-state index is -3.37. The third-order valence-electron chi connectivity index (χ3n) is 5.76. The van der Waals surface area contributed by atoms with Crippen molar-refractivity contribution >= 4 is 27.1 Å². The van der Waals surface area contributed by atoms with Crippen molar-refractivity contribution in [2.24, 2.45) is 0 Å². The molecule has 0 radical (unpaired) electrons. The number of thiophene rings is 1. The summed E-state index contributed by atoms with van der Waals surface area (Å²) in [6.07, 6.45) is 3.68. The van der Waals surface area contributed by atoms with Gasteiger partial charge in [0.25, 0.3) is 5.91 Å². The van der Waals surface area contributed by atoms with Crippen LogP contribution >= 0.6 is 11.3 Å². The van der Waals surface area contributed by atoms with Crippen molar-refractivity contribution in [1.29, 1.82) is 0 Å². The average molecular weight is 431 g/mol. The van der Waals surface area contributed by atoms with Crippen molar-refractivity contribution in [2.45, 2.75) is 24.0 Å². The molecule has 0 aromatic carbocycles. The van der Waals surface area contributed by atoms with Crippen LogP contribution in [0.15, 0.2) is 41.2 Å². The fraction of sp³-hybridized carbons (Fsp3) is 0.368. The molecule has 2 aliphatic heterocycles. The van der Waals surface area contributed by atoms with Gasteiger partial charge in [-0.05, 0) is 37.6 Å². The molecule has 0 N–H and O–H groups in total. The molecule has 1 unspecified atom stereocenters. The highest BCUT2D eigenvalue weighted by Crippen LogP contribution is 2.50. The molecule has 3 aromatic rings. The van der Waals surface area contributed by atoms with Crippen LogP contribution in [0.2, 0.25) is 0 Å². The van der Waals surface area contributed by atoms with Crippen molar-refractivity contribution in [3.05, 3.63) is 52.3 Å². The first-order chi connectivity index (χ1) is 13.9. The van der Waals surface area contributed by atoms with Crippen LogP contribution in [0, 0.1) is 6.92 Å². The Balaban J connectivity index is 1.42. The molecule has 3 aromatic heterocycles. The van der Waals surface area contributed by atoms with Crippen molar-refractivity contribution < 1.29 is 17.7 Å². The molecular weight excluding hydrogens is 412 g/mol. The van der Waals surface area contributed by atoms with E-state index in [1.807, 2.05) is 13.0 Å². The van der Waals surface area contributed by atoms with E-state index < -0.39 is 20.5 Å². The van der Waals surface area contributed by atoms with E-state index in [0.717, 1.165) is 10.4 Å². The molecule has 0 saturated carbocycles. The number of nitrogens with zero attached hydrogens (tertiary/aromatic N) is 4. The van der Waals surface area contributed by atoms with E-state index in [9.17, 15) is 13.2 Å². The van der Waals surface area contributed by atoms with Gasteiger partial charge in [0, 0.05) is 35.9 Å².